The molecule has 0 atom stereocenters. The number of amides is 1. The van der Waals surface area contributed by atoms with Crippen LogP contribution in [0.15, 0.2) is 30.5 Å². The molecule has 0 aliphatic heterocycles. The van der Waals surface area contributed by atoms with Crippen molar-refractivity contribution in [2.75, 3.05) is 11.9 Å². The second kappa shape index (κ2) is 9.47. The summed E-state index contributed by atoms with van der Waals surface area (Å²) < 4.78 is 64.3. The van der Waals surface area contributed by atoms with Crippen LogP contribution in [0, 0.1) is 5.82 Å². The summed E-state index contributed by atoms with van der Waals surface area (Å²) in [6.45, 7) is 9.58. The third-order valence-electron chi connectivity index (χ3n) is 4.55. The molecule has 2 rings (SSSR count). The van der Waals surface area contributed by atoms with Gasteiger partial charge in [0.1, 0.15) is 22.7 Å². The summed E-state index contributed by atoms with van der Waals surface area (Å²) in [5, 5.41) is 2.33. The van der Waals surface area contributed by atoms with Gasteiger partial charge in [0.05, 0.1) is 17.9 Å². The van der Waals surface area contributed by atoms with E-state index in [2.05, 4.69) is 5.32 Å². The molecule has 1 heterocycles. The van der Waals surface area contributed by atoms with Crippen molar-refractivity contribution in [1.82, 2.24) is 4.57 Å². The highest BCUT2D eigenvalue weighted by Crippen LogP contribution is 2.31. The van der Waals surface area contributed by atoms with Gasteiger partial charge >= 0.3 is 18.1 Å². The van der Waals surface area contributed by atoms with Crippen molar-refractivity contribution in [3.63, 3.8) is 0 Å². The molecule has 0 bridgehead atoms. The van der Waals surface area contributed by atoms with Crippen LogP contribution in [0.25, 0.3) is 0 Å². The molecule has 1 N–H and O–H groups in total. The van der Waals surface area contributed by atoms with E-state index in [-0.39, 0.29) is 24.1 Å². The molecule has 1 aromatic heterocycles. The highest BCUT2D eigenvalue weighted by Gasteiger charge is 2.37. The Bertz CT molecular complexity index is 1100. The zero-order valence-corrected chi connectivity index (χ0v) is 19.6. The number of nitrogens with one attached hydrogen (secondary N) is 1. The van der Waals surface area contributed by atoms with Crippen LogP contribution in [-0.2, 0) is 26.0 Å². The monoisotopic (exact) mass is 486 g/mol. The number of ether oxygens (including phenoxy) is 2. The number of rotatable bonds is 6. The fraction of sp³-hybridized carbons (Fsp3) is 0.435. The van der Waals surface area contributed by atoms with Crippen LogP contribution < -0.4 is 5.32 Å². The first-order valence-electron chi connectivity index (χ1n) is 10.3. The summed E-state index contributed by atoms with van der Waals surface area (Å²) in [6, 6.07) is 2.63. The second-order valence-corrected chi connectivity index (χ2v) is 8.95. The molecular weight excluding hydrogens is 460 g/mol. The minimum atomic E-state index is -4.85. The van der Waals surface area contributed by atoms with Crippen LogP contribution in [0.1, 0.15) is 68.0 Å². The van der Waals surface area contributed by atoms with Crippen LogP contribution in [0.2, 0.25) is 0 Å². The van der Waals surface area contributed by atoms with Gasteiger partial charge in [-0.05, 0) is 65.8 Å². The van der Waals surface area contributed by atoms with Gasteiger partial charge in [0.15, 0.2) is 0 Å². The molecule has 2 aromatic rings. The van der Waals surface area contributed by atoms with Gasteiger partial charge in [0.2, 0.25) is 0 Å². The number of benzene rings is 1. The zero-order chi connectivity index (χ0) is 26.1. The van der Waals surface area contributed by atoms with Crippen molar-refractivity contribution in [2.45, 2.75) is 58.9 Å². The van der Waals surface area contributed by atoms with Crippen molar-refractivity contribution < 1.29 is 41.4 Å². The molecule has 7 nitrogen and oxygen atoms in total. The first kappa shape index (κ1) is 26.9. The van der Waals surface area contributed by atoms with Gasteiger partial charge in [0.25, 0.3) is 5.91 Å². The fourth-order valence-corrected chi connectivity index (χ4v) is 2.94. The van der Waals surface area contributed by atoms with Crippen LogP contribution in [-0.4, -0.2) is 34.6 Å². The number of nitrogens with zero attached hydrogens (tertiary/aromatic N) is 1. The van der Waals surface area contributed by atoms with E-state index in [1.165, 1.54) is 30.7 Å². The molecule has 0 aliphatic carbocycles. The summed E-state index contributed by atoms with van der Waals surface area (Å²) in [7, 11) is 0. The molecular formula is C23H26F4N2O5. The quantitative estimate of drug-likeness (QED) is 0.451. The predicted molar refractivity (Wildman–Crippen MR) is 115 cm³/mol. The molecule has 0 saturated heterocycles. The summed E-state index contributed by atoms with van der Waals surface area (Å²) in [4.78, 5) is 37.9. The molecule has 0 unspecified atom stereocenters. The van der Waals surface area contributed by atoms with E-state index in [1.807, 2.05) is 0 Å². The van der Waals surface area contributed by atoms with Gasteiger partial charge in [-0.1, -0.05) is 0 Å². The molecule has 11 heteroatoms. The average Bonchev–Trinajstić information content (AvgIpc) is 3.10. The molecule has 34 heavy (non-hydrogen) atoms. The van der Waals surface area contributed by atoms with Crippen molar-refractivity contribution in [1.29, 1.82) is 0 Å². The van der Waals surface area contributed by atoms with Crippen LogP contribution in [0.4, 0.5) is 23.2 Å². The standard InChI is InChI=1S/C23H26F4N2O5/c1-7-33-19(31)17-11-16(12-29(17)22(5,6)20(32)34-21(2,3)4)28-18(30)13-8-14(23(25,26)27)10-15(24)9-13/h8-12H,7H2,1-6H3,(H,28,30). The Morgan fingerprint density at radius 2 is 1.62 bits per heavy atom. The Kier molecular flexibility index (Phi) is 7.49. The van der Waals surface area contributed by atoms with Gasteiger partial charge in [-0.15, -0.1) is 0 Å². The van der Waals surface area contributed by atoms with Gasteiger partial charge in [-0.3, -0.25) is 4.79 Å². The number of esters is 2. The highest BCUT2D eigenvalue weighted by molar-refractivity contribution is 6.05. The lowest BCUT2D eigenvalue weighted by Crippen LogP contribution is -2.42. The van der Waals surface area contributed by atoms with Gasteiger partial charge in [0, 0.05) is 11.8 Å². The van der Waals surface area contributed by atoms with E-state index in [9.17, 15) is 31.9 Å². The van der Waals surface area contributed by atoms with Crippen molar-refractivity contribution in [3.8, 4) is 0 Å². The number of aromatic nitrogens is 1. The number of carbonyl (C=O) groups is 3. The molecule has 0 fully saturated rings. The topological polar surface area (TPSA) is 86.6 Å². The largest absolute Gasteiger partial charge is 0.461 e. The smallest absolute Gasteiger partial charge is 0.416 e. The molecule has 0 saturated carbocycles. The SMILES string of the molecule is CCOC(=O)c1cc(NC(=O)c2cc(F)cc(C(F)(F)F)c2)cn1C(C)(C)C(=O)OC(C)(C)C. The Morgan fingerprint density at radius 3 is 2.15 bits per heavy atom. The molecule has 186 valence electrons. The third kappa shape index (κ3) is 6.36. The van der Waals surface area contributed by atoms with E-state index >= 15 is 0 Å². The maximum Gasteiger partial charge on any atom is 0.416 e. The third-order valence-corrected chi connectivity index (χ3v) is 4.55. The van der Waals surface area contributed by atoms with Crippen molar-refractivity contribution >= 4 is 23.5 Å². The first-order chi connectivity index (χ1) is 15.5. The van der Waals surface area contributed by atoms with Crippen LogP contribution in [0.5, 0.6) is 0 Å². The number of anilines is 1. The van der Waals surface area contributed by atoms with Crippen molar-refractivity contribution in [2.24, 2.45) is 0 Å². The van der Waals surface area contributed by atoms with E-state index in [0.29, 0.717) is 12.1 Å². The maximum atomic E-state index is 13.7. The lowest BCUT2D eigenvalue weighted by Gasteiger charge is -2.30. The maximum absolute atomic E-state index is 13.7. The van der Waals surface area contributed by atoms with Crippen molar-refractivity contribution in [3.05, 3.63) is 53.1 Å². The summed E-state index contributed by atoms with van der Waals surface area (Å²) in [5.41, 5.74) is -4.29. The Hall–Kier alpha value is -3.37. The van der Waals surface area contributed by atoms with Crippen LogP contribution >= 0.6 is 0 Å². The fourth-order valence-electron chi connectivity index (χ4n) is 2.94. The van der Waals surface area contributed by atoms with E-state index in [4.69, 9.17) is 9.47 Å². The van der Waals surface area contributed by atoms with Gasteiger partial charge in [-0.25, -0.2) is 14.0 Å². The van der Waals surface area contributed by atoms with Gasteiger partial charge < -0.3 is 19.4 Å². The molecule has 0 aliphatic rings. The Morgan fingerprint density at radius 1 is 1.00 bits per heavy atom. The van der Waals surface area contributed by atoms with E-state index < -0.39 is 52.1 Å². The lowest BCUT2D eigenvalue weighted by molar-refractivity contribution is -0.164. The molecule has 0 spiro atoms. The summed E-state index contributed by atoms with van der Waals surface area (Å²) >= 11 is 0. The normalized spacial score (nSPS) is 12.3. The predicted octanol–water partition coefficient (Wildman–Crippen LogP) is 5.15. The number of hydrogen-bond acceptors (Lipinski definition) is 5. The van der Waals surface area contributed by atoms with E-state index in [0.717, 1.165) is 0 Å². The number of hydrogen-bond donors (Lipinski definition) is 1. The number of alkyl halides is 3. The summed E-state index contributed by atoms with van der Waals surface area (Å²) in [5.74, 6) is -3.77. The molecule has 1 aromatic carbocycles. The van der Waals surface area contributed by atoms with E-state index in [1.54, 1.807) is 27.7 Å². The second-order valence-electron chi connectivity index (χ2n) is 8.95. The zero-order valence-electron chi connectivity index (χ0n) is 19.6. The highest BCUT2D eigenvalue weighted by atomic mass is 19.4. The number of carbonyl (C=O) groups excluding carboxylic acids is 3. The average molecular weight is 486 g/mol. The van der Waals surface area contributed by atoms with Crippen LogP contribution in [0.3, 0.4) is 0 Å². The lowest BCUT2D eigenvalue weighted by atomic mass is 10.0. The Balaban J connectivity index is 2.46. The Labute approximate surface area is 194 Å². The molecule has 0 radical (unpaired) electrons. The van der Waals surface area contributed by atoms with Gasteiger partial charge in [-0.2, -0.15) is 13.2 Å². The summed E-state index contributed by atoms with van der Waals surface area (Å²) in [6.07, 6.45) is -3.60. The molecule has 1 amide bonds. The minimum absolute atomic E-state index is 0.0255. The first-order valence-corrected chi connectivity index (χ1v) is 10.3. The number of halogens is 4. The minimum Gasteiger partial charge on any atom is -0.461 e.